The van der Waals surface area contributed by atoms with E-state index in [1.807, 2.05) is 26.8 Å². The number of ether oxygens (including phenoxy) is 5. The zero-order chi connectivity index (χ0) is 42.2. The number of methoxy groups -OCH3 is 3. The first-order valence-corrected chi connectivity index (χ1v) is 21.2. The van der Waals surface area contributed by atoms with E-state index in [1.165, 1.54) is 4.90 Å². The monoisotopic (exact) mass is 802 g/mol. The Morgan fingerprint density at radius 3 is 2.25 bits per heavy atom. The third-order valence-corrected chi connectivity index (χ3v) is 13.3. The van der Waals surface area contributed by atoms with E-state index in [0.717, 1.165) is 18.4 Å². The van der Waals surface area contributed by atoms with Crippen LogP contribution >= 0.6 is 0 Å². The number of allylic oxidation sites excluding steroid dienone is 4. The van der Waals surface area contributed by atoms with E-state index < -0.39 is 65.9 Å². The van der Waals surface area contributed by atoms with Crippen LogP contribution in [-0.2, 0) is 42.9 Å². The lowest BCUT2D eigenvalue weighted by Gasteiger charge is -2.47. The Morgan fingerprint density at radius 2 is 1.60 bits per heavy atom. The number of hydrogen-bond donors (Lipinski definition) is 2. The molecule has 2 N–H and O–H groups in total. The van der Waals surface area contributed by atoms with Crippen LogP contribution in [-0.4, -0.2) is 115 Å². The van der Waals surface area contributed by atoms with Crippen molar-refractivity contribution in [3.63, 3.8) is 0 Å². The van der Waals surface area contributed by atoms with Crippen molar-refractivity contribution in [3.05, 3.63) is 36.0 Å². The Morgan fingerprint density at radius 1 is 0.930 bits per heavy atom. The van der Waals surface area contributed by atoms with Gasteiger partial charge in [-0.1, -0.05) is 52.8 Å². The number of fused-ring (bicyclic) bond motifs is 3. The molecule has 1 aliphatic carbocycles. The van der Waals surface area contributed by atoms with Crippen LogP contribution in [0.25, 0.3) is 0 Å². The number of esters is 1. The van der Waals surface area contributed by atoms with Gasteiger partial charge in [0.2, 0.25) is 5.79 Å². The lowest BCUT2D eigenvalue weighted by molar-refractivity contribution is -0.302. The minimum Gasteiger partial charge on any atom is -0.456 e. The fourth-order valence-electron chi connectivity index (χ4n) is 9.64. The third kappa shape index (κ3) is 11.3. The summed E-state index contributed by atoms with van der Waals surface area (Å²) < 4.78 is 30.0. The summed E-state index contributed by atoms with van der Waals surface area (Å²) in [6.45, 7) is 15.8. The number of carbonyl (C=O) groups excluding carboxylic acids is 4. The van der Waals surface area contributed by atoms with Crippen molar-refractivity contribution in [2.75, 3.05) is 27.9 Å². The summed E-state index contributed by atoms with van der Waals surface area (Å²) in [5.74, 6) is -6.36. The predicted octanol–water partition coefficient (Wildman–Crippen LogP) is 5.91. The number of aliphatic hydroxyl groups is 2. The van der Waals surface area contributed by atoms with E-state index in [0.29, 0.717) is 44.1 Å². The molecule has 3 aliphatic heterocycles. The number of aliphatic hydroxyl groups excluding tert-OH is 1. The molecule has 322 valence electrons. The second kappa shape index (κ2) is 21.0. The Balaban J connectivity index is 1.78. The summed E-state index contributed by atoms with van der Waals surface area (Å²) in [4.78, 5) is 58.2. The van der Waals surface area contributed by atoms with Gasteiger partial charge in [0.05, 0.1) is 24.4 Å². The minimum atomic E-state index is -2.48. The molecule has 1 amide bonds. The molecule has 0 aromatic carbocycles. The molecule has 14 atom stereocenters. The highest BCUT2D eigenvalue weighted by Crippen LogP contribution is 2.39. The molecule has 12 heteroatoms. The quantitative estimate of drug-likeness (QED) is 0.179. The second-order valence-corrected chi connectivity index (χ2v) is 17.7. The number of Topliss-reactive ketones (excluding diaryl/α,β-unsaturated/α-hetero) is 2. The van der Waals surface area contributed by atoms with Gasteiger partial charge in [-0.3, -0.25) is 14.4 Å². The van der Waals surface area contributed by atoms with Gasteiger partial charge in [-0.15, -0.1) is 6.58 Å². The van der Waals surface area contributed by atoms with Gasteiger partial charge < -0.3 is 38.8 Å². The number of nitrogens with zero attached hydrogens (tertiary/aromatic N) is 1. The highest BCUT2D eigenvalue weighted by molar-refractivity contribution is 6.39. The number of hydrogen-bond acceptors (Lipinski definition) is 11. The summed E-state index contributed by atoms with van der Waals surface area (Å²) in [5, 5.41) is 22.5. The van der Waals surface area contributed by atoms with Crippen LogP contribution in [0.5, 0.6) is 0 Å². The summed E-state index contributed by atoms with van der Waals surface area (Å²) in [6, 6.07) is -1.06. The summed E-state index contributed by atoms with van der Waals surface area (Å²) in [7, 11) is 4.69. The molecular weight excluding hydrogens is 730 g/mol. The molecule has 57 heavy (non-hydrogen) atoms. The summed E-state index contributed by atoms with van der Waals surface area (Å²) in [6.07, 6.45) is 7.83. The maximum absolute atomic E-state index is 14.4. The summed E-state index contributed by atoms with van der Waals surface area (Å²) >= 11 is 0. The average molecular weight is 802 g/mol. The Hall–Kier alpha value is -2.74. The van der Waals surface area contributed by atoms with Crippen molar-refractivity contribution in [3.8, 4) is 0 Å². The second-order valence-electron chi connectivity index (χ2n) is 17.7. The normalized spacial score (nSPS) is 40.1. The molecule has 0 aromatic heterocycles. The fraction of sp³-hybridized carbons (Fsp3) is 0.778. The fourth-order valence-corrected chi connectivity index (χ4v) is 9.64. The Kier molecular flexibility index (Phi) is 17.3. The van der Waals surface area contributed by atoms with E-state index >= 15 is 0 Å². The molecule has 0 radical (unpaired) electrons. The zero-order valence-electron chi connectivity index (χ0n) is 35.9. The molecule has 3 heterocycles. The van der Waals surface area contributed by atoms with Crippen LogP contribution in [0, 0.1) is 35.5 Å². The SMILES string of the molecule is C=CCC1=CC(C)C[C@H](C)C[C@H](OC)[C@H]2O[C@@](O)(C(=O)C(=O)N3CCCC[C@H]3C(=O)OC(C(C)=C[C@@H]3CC[C@@H](O)[C@H](OC)C3)[C@H](C)[C@@H](C)CC1=O)[C@H](C)C[C@@H]2OC. The molecule has 0 aromatic rings. The number of carbonyl (C=O) groups is 4. The molecule has 1 saturated carbocycles. The van der Waals surface area contributed by atoms with Gasteiger partial charge in [-0.05, 0) is 106 Å². The van der Waals surface area contributed by atoms with E-state index in [-0.39, 0.29) is 67.3 Å². The molecule has 0 spiro atoms. The molecule has 2 saturated heterocycles. The van der Waals surface area contributed by atoms with Crippen molar-refractivity contribution in [1.29, 1.82) is 0 Å². The number of ketones is 2. The number of amides is 1. The number of cyclic esters (lactones) is 1. The van der Waals surface area contributed by atoms with Crippen molar-refractivity contribution < 1.29 is 53.1 Å². The predicted molar refractivity (Wildman–Crippen MR) is 216 cm³/mol. The first-order valence-electron chi connectivity index (χ1n) is 21.2. The first kappa shape index (κ1) is 46.9. The van der Waals surface area contributed by atoms with Crippen LogP contribution < -0.4 is 0 Å². The molecule has 4 aliphatic rings. The van der Waals surface area contributed by atoms with Gasteiger partial charge in [0.1, 0.15) is 18.2 Å². The molecule has 2 bridgehead atoms. The molecule has 2 unspecified atom stereocenters. The Bertz CT molecular complexity index is 1480. The van der Waals surface area contributed by atoms with Gasteiger partial charge in [-0.25, -0.2) is 4.79 Å². The highest BCUT2D eigenvalue weighted by Gasteiger charge is 2.56. The highest BCUT2D eigenvalue weighted by atomic mass is 16.7. The van der Waals surface area contributed by atoms with Gasteiger partial charge >= 0.3 is 5.97 Å². The maximum Gasteiger partial charge on any atom is 0.329 e. The van der Waals surface area contributed by atoms with Gasteiger partial charge in [0.15, 0.2) is 5.78 Å². The lowest BCUT2D eigenvalue weighted by atomic mass is 9.79. The van der Waals surface area contributed by atoms with E-state index in [2.05, 4.69) is 26.5 Å². The average Bonchev–Trinajstić information content (AvgIpc) is 3.18. The number of rotatable bonds is 7. The summed E-state index contributed by atoms with van der Waals surface area (Å²) in [5.41, 5.74) is 1.50. The van der Waals surface area contributed by atoms with Crippen molar-refractivity contribution >= 4 is 23.4 Å². The molecule has 12 nitrogen and oxygen atoms in total. The van der Waals surface area contributed by atoms with Crippen LogP contribution in [0.3, 0.4) is 0 Å². The number of piperidine rings is 1. The van der Waals surface area contributed by atoms with Crippen LogP contribution in [0.15, 0.2) is 36.0 Å². The van der Waals surface area contributed by atoms with Crippen molar-refractivity contribution in [2.24, 2.45) is 35.5 Å². The van der Waals surface area contributed by atoms with Gasteiger partial charge in [0.25, 0.3) is 11.7 Å². The van der Waals surface area contributed by atoms with E-state index in [9.17, 15) is 29.4 Å². The van der Waals surface area contributed by atoms with E-state index in [4.69, 9.17) is 23.7 Å². The van der Waals surface area contributed by atoms with Crippen LogP contribution in [0.4, 0.5) is 0 Å². The lowest BCUT2D eigenvalue weighted by Crippen LogP contribution is -2.64. The van der Waals surface area contributed by atoms with E-state index in [1.54, 1.807) is 34.3 Å². The smallest absolute Gasteiger partial charge is 0.329 e. The zero-order valence-corrected chi connectivity index (χ0v) is 35.9. The standard InChI is InChI=1S/C45H71NO11/c1-11-14-33-20-26(2)19-27(3)21-38(54-9)41-39(55-10)24-30(6)45(52,57-41)42(49)43(50)46-18-13-12-15-34(46)44(51)56-40(31(7)28(4)23-36(33)48)29(5)22-32-16-17-35(47)37(25-32)53-8/h11,20,22,26-28,30-32,34-35,37-41,47,52H,1,12-19,21,23-25H2,2-10H3/t26?,27-,28-,30+,31+,32-,34-,35+,37+,38-,39-,40?,41+,45+/m0/s1. The minimum absolute atomic E-state index is 0.0137. The van der Waals surface area contributed by atoms with Crippen LogP contribution in [0.1, 0.15) is 112 Å². The first-order chi connectivity index (χ1) is 27.0. The van der Waals surface area contributed by atoms with Gasteiger partial charge in [0, 0.05) is 46.1 Å². The largest absolute Gasteiger partial charge is 0.456 e. The van der Waals surface area contributed by atoms with Crippen molar-refractivity contribution in [2.45, 2.75) is 161 Å². The Labute approximate surface area is 340 Å². The third-order valence-electron chi connectivity index (χ3n) is 13.3. The van der Waals surface area contributed by atoms with Gasteiger partial charge in [-0.2, -0.15) is 0 Å². The van der Waals surface area contributed by atoms with Crippen LogP contribution in [0.2, 0.25) is 0 Å². The molecular formula is C45H71NO11. The maximum atomic E-state index is 14.4. The molecule has 4 rings (SSSR count). The topological polar surface area (TPSA) is 158 Å². The van der Waals surface area contributed by atoms with Crippen molar-refractivity contribution in [1.82, 2.24) is 4.90 Å². The molecule has 3 fully saturated rings.